The van der Waals surface area contributed by atoms with Crippen LogP contribution in [-0.4, -0.2) is 39.3 Å². The molecule has 0 aliphatic carbocycles. The number of hydrogen-bond donors (Lipinski definition) is 4. The van der Waals surface area contributed by atoms with Crippen LogP contribution in [0.2, 0.25) is 0 Å². The van der Waals surface area contributed by atoms with E-state index in [1.807, 2.05) is 0 Å². The lowest BCUT2D eigenvalue weighted by Gasteiger charge is -2.09. The normalized spacial score (nSPS) is 11.0. The number of nitrogens with one attached hydrogen (secondary N) is 4. The molecule has 2 aromatic carbocycles. The van der Waals surface area contributed by atoms with E-state index < -0.39 is 0 Å². The molecule has 4 N–H and O–H groups in total. The van der Waals surface area contributed by atoms with Crippen LogP contribution in [0.3, 0.4) is 0 Å². The van der Waals surface area contributed by atoms with E-state index in [4.69, 9.17) is 0 Å². The van der Waals surface area contributed by atoms with Gasteiger partial charge in [0.2, 0.25) is 0 Å². The molecule has 0 aliphatic heterocycles. The highest BCUT2D eigenvalue weighted by Gasteiger charge is 1.94. The Balaban J connectivity index is 1.35. The minimum atomic E-state index is 0.937. The van der Waals surface area contributed by atoms with Gasteiger partial charge in [0.15, 0.2) is 0 Å². The molecular formula is C22H34N4. The van der Waals surface area contributed by atoms with E-state index >= 15 is 0 Å². The van der Waals surface area contributed by atoms with Gasteiger partial charge >= 0.3 is 0 Å². The van der Waals surface area contributed by atoms with Crippen LogP contribution in [0.25, 0.3) is 0 Å². The van der Waals surface area contributed by atoms with Crippen molar-refractivity contribution in [2.24, 2.45) is 0 Å². The third-order valence-corrected chi connectivity index (χ3v) is 4.34. The average molecular weight is 355 g/mol. The maximum atomic E-state index is 3.47. The van der Waals surface area contributed by atoms with Crippen LogP contribution < -0.4 is 21.3 Å². The molecule has 4 nitrogen and oxygen atoms in total. The molecule has 0 spiro atoms. The van der Waals surface area contributed by atoms with Crippen molar-refractivity contribution < 1.29 is 0 Å². The Morgan fingerprint density at radius 1 is 0.462 bits per heavy atom. The van der Waals surface area contributed by atoms with Gasteiger partial charge in [-0.3, -0.25) is 0 Å². The Bertz CT molecular complexity index is 537. The van der Waals surface area contributed by atoms with Gasteiger partial charge in [-0.1, -0.05) is 59.7 Å². The van der Waals surface area contributed by atoms with Gasteiger partial charge in [-0.05, 0) is 25.0 Å². The highest BCUT2D eigenvalue weighted by molar-refractivity contribution is 5.21. The third kappa shape index (κ3) is 9.11. The van der Waals surface area contributed by atoms with Gasteiger partial charge in [-0.2, -0.15) is 0 Å². The lowest BCUT2D eigenvalue weighted by Crippen LogP contribution is -2.35. The Labute approximate surface area is 158 Å². The van der Waals surface area contributed by atoms with E-state index in [9.17, 15) is 0 Å². The molecule has 142 valence electrons. The number of hydrogen-bond acceptors (Lipinski definition) is 4. The zero-order valence-corrected chi connectivity index (χ0v) is 16.3. The molecule has 0 amide bonds. The summed E-state index contributed by atoms with van der Waals surface area (Å²) in [6, 6.07) is 17.4. The molecule has 0 unspecified atom stereocenters. The maximum Gasteiger partial charge on any atom is 0.0206 e. The molecule has 2 rings (SSSR count). The minimum Gasteiger partial charge on any atom is -0.314 e. The summed E-state index contributed by atoms with van der Waals surface area (Å²) in [4.78, 5) is 0. The van der Waals surface area contributed by atoms with Gasteiger partial charge in [0.05, 0.1) is 0 Å². The molecule has 0 aliphatic rings. The monoisotopic (exact) mass is 354 g/mol. The molecule has 0 radical (unpaired) electrons. The summed E-state index contributed by atoms with van der Waals surface area (Å²) in [5.41, 5.74) is 5.31. The van der Waals surface area contributed by atoms with Gasteiger partial charge in [0.1, 0.15) is 0 Å². The van der Waals surface area contributed by atoms with Crippen molar-refractivity contribution in [1.82, 2.24) is 21.3 Å². The van der Waals surface area contributed by atoms with Crippen LogP contribution in [0.15, 0.2) is 48.5 Å². The second kappa shape index (κ2) is 12.6. The fourth-order valence-electron chi connectivity index (χ4n) is 2.66. The fraction of sp³-hybridized carbons (Fsp3) is 0.455. The summed E-state index contributed by atoms with van der Waals surface area (Å²) in [7, 11) is 0. The second-order valence-electron chi connectivity index (χ2n) is 6.82. The molecule has 0 aromatic heterocycles. The van der Waals surface area contributed by atoms with Crippen LogP contribution in [0, 0.1) is 13.8 Å². The van der Waals surface area contributed by atoms with Crippen molar-refractivity contribution >= 4 is 0 Å². The first kappa shape index (κ1) is 20.6. The van der Waals surface area contributed by atoms with E-state index in [-0.39, 0.29) is 0 Å². The first-order valence-electron chi connectivity index (χ1n) is 9.68. The zero-order valence-electron chi connectivity index (χ0n) is 16.3. The molecule has 0 atom stereocenters. The van der Waals surface area contributed by atoms with Gasteiger partial charge in [0, 0.05) is 52.4 Å². The van der Waals surface area contributed by atoms with E-state index in [1.54, 1.807) is 0 Å². The third-order valence-electron chi connectivity index (χ3n) is 4.34. The minimum absolute atomic E-state index is 0.937. The largest absolute Gasteiger partial charge is 0.314 e. The second-order valence-corrected chi connectivity index (χ2v) is 6.82. The predicted molar refractivity (Wildman–Crippen MR) is 112 cm³/mol. The highest BCUT2D eigenvalue weighted by Crippen LogP contribution is 2.02. The van der Waals surface area contributed by atoms with Crippen molar-refractivity contribution in [2.75, 3.05) is 39.3 Å². The molecule has 0 heterocycles. The molecule has 0 fully saturated rings. The van der Waals surface area contributed by atoms with Crippen LogP contribution in [0.5, 0.6) is 0 Å². The summed E-state index contributed by atoms with van der Waals surface area (Å²) < 4.78 is 0. The SMILES string of the molecule is Cc1ccc(CNCCNCCNCCNCc2ccc(C)cc2)cc1. The van der Waals surface area contributed by atoms with Gasteiger partial charge < -0.3 is 21.3 Å². The van der Waals surface area contributed by atoms with Crippen LogP contribution >= 0.6 is 0 Å². The topological polar surface area (TPSA) is 48.1 Å². The van der Waals surface area contributed by atoms with Crippen LogP contribution in [0.4, 0.5) is 0 Å². The van der Waals surface area contributed by atoms with Gasteiger partial charge in [0.25, 0.3) is 0 Å². The van der Waals surface area contributed by atoms with Crippen molar-refractivity contribution in [3.8, 4) is 0 Å². The summed E-state index contributed by atoms with van der Waals surface area (Å²) in [6.07, 6.45) is 0. The number of benzene rings is 2. The number of aryl methyl sites for hydroxylation is 2. The van der Waals surface area contributed by atoms with Crippen molar-refractivity contribution in [3.63, 3.8) is 0 Å². The van der Waals surface area contributed by atoms with E-state index in [2.05, 4.69) is 83.6 Å². The standard InChI is InChI=1S/C22H34N4/c1-19-3-7-21(8-4-19)17-25-15-13-23-11-12-24-14-16-26-18-22-9-5-20(2)6-10-22/h3-10,23-26H,11-18H2,1-2H3. The van der Waals surface area contributed by atoms with Gasteiger partial charge in [-0.15, -0.1) is 0 Å². The number of rotatable bonds is 13. The first-order valence-corrected chi connectivity index (χ1v) is 9.68. The first-order chi connectivity index (χ1) is 12.7. The zero-order chi connectivity index (χ0) is 18.5. The van der Waals surface area contributed by atoms with E-state index in [0.29, 0.717) is 0 Å². The average Bonchev–Trinajstić information content (AvgIpc) is 2.65. The lowest BCUT2D eigenvalue weighted by molar-refractivity contribution is 0.566. The molecular weight excluding hydrogens is 320 g/mol. The van der Waals surface area contributed by atoms with Crippen molar-refractivity contribution in [2.45, 2.75) is 26.9 Å². The van der Waals surface area contributed by atoms with Gasteiger partial charge in [-0.25, -0.2) is 0 Å². The summed E-state index contributed by atoms with van der Waals surface area (Å²) in [5, 5.41) is 13.8. The molecule has 2 aromatic rings. The predicted octanol–water partition coefficient (Wildman–Crippen LogP) is 2.36. The molecule has 0 bridgehead atoms. The smallest absolute Gasteiger partial charge is 0.0206 e. The molecule has 26 heavy (non-hydrogen) atoms. The molecule has 0 saturated heterocycles. The summed E-state index contributed by atoms with van der Waals surface area (Å²) in [5.74, 6) is 0. The van der Waals surface area contributed by atoms with E-state index in [1.165, 1.54) is 22.3 Å². The van der Waals surface area contributed by atoms with Crippen molar-refractivity contribution in [3.05, 3.63) is 70.8 Å². The highest BCUT2D eigenvalue weighted by atomic mass is 15.0. The Morgan fingerprint density at radius 2 is 0.769 bits per heavy atom. The quantitative estimate of drug-likeness (QED) is 0.417. The van der Waals surface area contributed by atoms with Crippen molar-refractivity contribution in [1.29, 1.82) is 0 Å². The molecule has 0 saturated carbocycles. The molecule has 4 heteroatoms. The summed E-state index contributed by atoms with van der Waals surface area (Å²) >= 11 is 0. The lowest BCUT2D eigenvalue weighted by atomic mass is 10.1. The Kier molecular flexibility index (Phi) is 9.98. The van der Waals surface area contributed by atoms with E-state index in [0.717, 1.165) is 52.4 Å². The summed E-state index contributed by atoms with van der Waals surface area (Å²) in [6.45, 7) is 12.1. The Hall–Kier alpha value is -1.72. The Morgan fingerprint density at radius 3 is 1.12 bits per heavy atom. The maximum absolute atomic E-state index is 3.47. The van der Waals surface area contributed by atoms with Crippen LogP contribution in [0.1, 0.15) is 22.3 Å². The fourth-order valence-corrected chi connectivity index (χ4v) is 2.66. The van der Waals surface area contributed by atoms with Crippen LogP contribution in [-0.2, 0) is 13.1 Å².